The van der Waals surface area contributed by atoms with Crippen molar-refractivity contribution in [2.24, 2.45) is 0 Å². The highest BCUT2D eigenvalue weighted by atomic mass is 16.1. The van der Waals surface area contributed by atoms with Crippen molar-refractivity contribution >= 4 is 22.6 Å². The molecule has 0 saturated carbocycles. The lowest BCUT2D eigenvalue weighted by Gasteiger charge is -2.07. The Balaban J connectivity index is 1.64. The maximum absolute atomic E-state index is 12.1. The monoisotopic (exact) mass is 293 g/mol. The van der Waals surface area contributed by atoms with Crippen LogP contribution in [-0.4, -0.2) is 15.9 Å². The van der Waals surface area contributed by atoms with Gasteiger partial charge in [-0.3, -0.25) is 4.79 Å². The van der Waals surface area contributed by atoms with Crippen molar-refractivity contribution in [1.29, 1.82) is 0 Å². The van der Waals surface area contributed by atoms with Gasteiger partial charge in [0, 0.05) is 12.1 Å². The predicted molar refractivity (Wildman–Crippen MR) is 89.0 cm³/mol. The fraction of sp³-hybridized carbons (Fsp3) is 0.222. The van der Waals surface area contributed by atoms with Crippen LogP contribution in [-0.2, 0) is 11.2 Å². The number of anilines is 1. The smallest absolute Gasteiger partial charge is 0.224 e. The SMILES string of the molecule is Cc1nc2ccc(NC(=O)CCc3ccccc3C)cc2[nH]1. The zero-order valence-electron chi connectivity index (χ0n) is 12.8. The first-order chi connectivity index (χ1) is 10.6. The number of rotatable bonds is 4. The molecule has 112 valence electrons. The average Bonchev–Trinajstić information content (AvgIpc) is 2.86. The number of nitrogens with zero attached hydrogens (tertiary/aromatic N) is 1. The van der Waals surface area contributed by atoms with Crippen LogP contribution in [0.15, 0.2) is 42.5 Å². The van der Waals surface area contributed by atoms with Gasteiger partial charge in [-0.05, 0) is 49.6 Å². The summed E-state index contributed by atoms with van der Waals surface area (Å²) in [6.45, 7) is 3.99. The summed E-state index contributed by atoms with van der Waals surface area (Å²) in [6, 6.07) is 13.9. The number of hydrogen-bond donors (Lipinski definition) is 2. The van der Waals surface area contributed by atoms with Gasteiger partial charge in [0.15, 0.2) is 0 Å². The minimum Gasteiger partial charge on any atom is -0.342 e. The average molecular weight is 293 g/mol. The van der Waals surface area contributed by atoms with Crippen molar-refractivity contribution in [3.8, 4) is 0 Å². The number of aromatic nitrogens is 2. The minimum atomic E-state index is 0.0267. The van der Waals surface area contributed by atoms with Crippen molar-refractivity contribution in [2.75, 3.05) is 5.32 Å². The molecule has 3 rings (SSSR count). The van der Waals surface area contributed by atoms with Gasteiger partial charge in [0.1, 0.15) is 5.82 Å². The van der Waals surface area contributed by atoms with Crippen molar-refractivity contribution in [1.82, 2.24) is 9.97 Å². The molecule has 0 aliphatic carbocycles. The van der Waals surface area contributed by atoms with E-state index in [9.17, 15) is 4.79 Å². The van der Waals surface area contributed by atoms with Gasteiger partial charge in [-0.25, -0.2) is 4.98 Å². The van der Waals surface area contributed by atoms with Crippen LogP contribution in [0, 0.1) is 13.8 Å². The third-order valence-electron chi connectivity index (χ3n) is 3.77. The van der Waals surface area contributed by atoms with Crippen molar-refractivity contribution < 1.29 is 4.79 Å². The number of carbonyl (C=O) groups excluding carboxylic acids is 1. The zero-order chi connectivity index (χ0) is 15.5. The summed E-state index contributed by atoms with van der Waals surface area (Å²) in [4.78, 5) is 19.6. The third kappa shape index (κ3) is 3.17. The van der Waals surface area contributed by atoms with Crippen LogP contribution in [0.25, 0.3) is 11.0 Å². The molecule has 0 aliphatic heterocycles. The highest BCUT2D eigenvalue weighted by molar-refractivity contribution is 5.93. The topological polar surface area (TPSA) is 57.8 Å². The van der Waals surface area contributed by atoms with Gasteiger partial charge in [-0.1, -0.05) is 24.3 Å². The quantitative estimate of drug-likeness (QED) is 0.769. The van der Waals surface area contributed by atoms with Crippen LogP contribution in [0.2, 0.25) is 0 Å². The molecule has 0 bridgehead atoms. The lowest BCUT2D eigenvalue weighted by molar-refractivity contribution is -0.116. The Morgan fingerprint density at radius 1 is 1.18 bits per heavy atom. The summed E-state index contributed by atoms with van der Waals surface area (Å²) in [5, 5.41) is 2.95. The molecular formula is C18H19N3O. The number of hydrogen-bond acceptors (Lipinski definition) is 2. The molecular weight excluding hydrogens is 274 g/mol. The molecule has 2 aromatic carbocycles. The number of aromatic amines is 1. The number of benzene rings is 2. The van der Waals surface area contributed by atoms with E-state index in [-0.39, 0.29) is 5.91 Å². The standard InChI is InChI=1S/C18H19N3O/c1-12-5-3-4-6-14(12)7-10-18(22)21-15-8-9-16-17(11-15)20-13(2)19-16/h3-6,8-9,11H,7,10H2,1-2H3,(H,19,20)(H,21,22). The third-order valence-corrected chi connectivity index (χ3v) is 3.77. The molecule has 0 spiro atoms. The van der Waals surface area contributed by atoms with Crippen LogP contribution in [0.5, 0.6) is 0 Å². The molecule has 0 atom stereocenters. The summed E-state index contributed by atoms with van der Waals surface area (Å²) in [5.74, 6) is 0.900. The van der Waals surface area contributed by atoms with Crippen LogP contribution in [0.1, 0.15) is 23.4 Å². The maximum Gasteiger partial charge on any atom is 0.224 e. The molecule has 4 heteroatoms. The van der Waals surface area contributed by atoms with E-state index in [0.29, 0.717) is 6.42 Å². The molecule has 0 radical (unpaired) electrons. The van der Waals surface area contributed by atoms with Crippen LogP contribution in [0.3, 0.4) is 0 Å². The highest BCUT2D eigenvalue weighted by Crippen LogP contribution is 2.17. The van der Waals surface area contributed by atoms with E-state index in [4.69, 9.17) is 0 Å². The molecule has 1 amide bonds. The largest absolute Gasteiger partial charge is 0.342 e. The molecule has 0 aliphatic rings. The van der Waals surface area contributed by atoms with Gasteiger partial charge < -0.3 is 10.3 Å². The first-order valence-corrected chi connectivity index (χ1v) is 7.42. The van der Waals surface area contributed by atoms with Crippen LogP contribution < -0.4 is 5.32 Å². The van der Waals surface area contributed by atoms with Gasteiger partial charge in [0.25, 0.3) is 0 Å². The molecule has 2 N–H and O–H groups in total. The predicted octanol–water partition coefficient (Wildman–Crippen LogP) is 3.75. The second-order valence-electron chi connectivity index (χ2n) is 5.53. The molecule has 1 heterocycles. The zero-order valence-corrected chi connectivity index (χ0v) is 12.8. The Hall–Kier alpha value is -2.62. The van der Waals surface area contributed by atoms with E-state index < -0.39 is 0 Å². The van der Waals surface area contributed by atoms with Crippen molar-refractivity contribution in [2.45, 2.75) is 26.7 Å². The molecule has 4 nitrogen and oxygen atoms in total. The van der Waals surface area contributed by atoms with Crippen LogP contribution >= 0.6 is 0 Å². The van der Waals surface area contributed by atoms with Crippen molar-refractivity contribution in [3.05, 3.63) is 59.4 Å². The first-order valence-electron chi connectivity index (χ1n) is 7.42. The highest BCUT2D eigenvalue weighted by Gasteiger charge is 2.06. The number of H-pyrrole nitrogens is 1. The van der Waals surface area contributed by atoms with E-state index in [1.165, 1.54) is 11.1 Å². The summed E-state index contributed by atoms with van der Waals surface area (Å²) < 4.78 is 0. The van der Waals surface area contributed by atoms with Gasteiger partial charge in [-0.15, -0.1) is 0 Å². The number of nitrogens with one attached hydrogen (secondary N) is 2. The van der Waals surface area contributed by atoms with E-state index in [1.807, 2.05) is 37.3 Å². The number of amides is 1. The van der Waals surface area contributed by atoms with Gasteiger partial charge in [0.05, 0.1) is 11.0 Å². The Morgan fingerprint density at radius 2 is 2.00 bits per heavy atom. The summed E-state index contributed by atoms with van der Waals surface area (Å²) in [6.07, 6.45) is 1.23. The Labute approximate surface area is 129 Å². The minimum absolute atomic E-state index is 0.0267. The fourth-order valence-electron chi connectivity index (χ4n) is 2.58. The molecule has 1 aromatic heterocycles. The van der Waals surface area contributed by atoms with E-state index in [0.717, 1.165) is 29.0 Å². The van der Waals surface area contributed by atoms with E-state index >= 15 is 0 Å². The Morgan fingerprint density at radius 3 is 2.82 bits per heavy atom. The second kappa shape index (κ2) is 6.02. The van der Waals surface area contributed by atoms with E-state index in [2.05, 4.69) is 34.3 Å². The molecule has 22 heavy (non-hydrogen) atoms. The van der Waals surface area contributed by atoms with Gasteiger partial charge in [0.2, 0.25) is 5.91 Å². The lowest BCUT2D eigenvalue weighted by Crippen LogP contribution is -2.12. The number of fused-ring (bicyclic) bond motifs is 1. The maximum atomic E-state index is 12.1. The summed E-state index contributed by atoms with van der Waals surface area (Å²) >= 11 is 0. The normalized spacial score (nSPS) is 10.8. The van der Waals surface area contributed by atoms with Gasteiger partial charge in [-0.2, -0.15) is 0 Å². The number of imidazole rings is 1. The molecule has 0 saturated heterocycles. The van der Waals surface area contributed by atoms with Crippen molar-refractivity contribution in [3.63, 3.8) is 0 Å². The summed E-state index contributed by atoms with van der Waals surface area (Å²) in [5.41, 5.74) is 5.09. The Kier molecular flexibility index (Phi) is 3.92. The molecule has 0 fully saturated rings. The summed E-state index contributed by atoms with van der Waals surface area (Å²) in [7, 11) is 0. The number of carbonyl (C=O) groups is 1. The number of aryl methyl sites for hydroxylation is 3. The van der Waals surface area contributed by atoms with E-state index in [1.54, 1.807) is 0 Å². The van der Waals surface area contributed by atoms with Crippen LogP contribution in [0.4, 0.5) is 5.69 Å². The first kappa shape index (κ1) is 14.3. The fourth-order valence-corrected chi connectivity index (χ4v) is 2.58. The molecule has 0 unspecified atom stereocenters. The second-order valence-corrected chi connectivity index (χ2v) is 5.53. The van der Waals surface area contributed by atoms with Gasteiger partial charge >= 0.3 is 0 Å². The molecule has 3 aromatic rings. The lowest BCUT2D eigenvalue weighted by atomic mass is 10.0. The Bertz CT molecular complexity index is 820.